The molecule has 1 aliphatic heterocycles. The monoisotopic (exact) mass is 201 g/mol. The van der Waals surface area contributed by atoms with Gasteiger partial charge < -0.3 is 14.8 Å². The zero-order valence-electron chi connectivity index (χ0n) is 8.41. The van der Waals surface area contributed by atoms with Crippen molar-refractivity contribution in [1.29, 1.82) is 0 Å². The molecule has 2 atom stereocenters. The van der Waals surface area contributed by atoms with Gasteiger partial charge in [0.1, 0.15) is 6.04 Å². The summed E-state index contributed by atoms with van der Waals surface area (Å²) in [7, 11) is 1.30. The van der Waals surface area contributed by atoms with Gasteiger partial charge in [0.05, 0.1) is 19.6 Å². The average molecular weight is 201 g/mol. The van der Waals surface area contributed by atoms with E-state index in [1.807, 2.05) is 0 Å². The normalized spacial score (nSPS) is 22.9. The van der Waals surface area contributed by atoms with Crippen molar-refractivity contribution in [3.05, 3.63) is 0 Å². The van der Waals surface area contributed by atoms with Crippen LogP contribution in [0.3, 0.4) is 0 Å². The SMILES string of the molecule is COC(=O)[C@@H](C)NC(=O)[C@H]1CCOC1. The molecule has 0 spiro atoms. The van der Waals surface area contributed by atoms with Gasteiger partial charge in [-0.05, 0) is 13.3 Å². The first-order chi connectivity index (χ1) is 6.65. The summed E-state index contributed by atoms with van der Waals surface area (Å²) in [5.74, 6) is -0.695. The van der Waals surface area contributed by atoms with Crippen LogP contribution in [0.25, 0.3) is 0 Å². The molecular weight excluding hydrogens is 186 g/mol. The lowest BCUT2D eigenvalue weighted by Crippen LogP contribution is -2.42. The fraction of sp³-hybridized carbons (Fsp3) is 0.778. The number of esters is 1. The lowest BCUT2D eigenvalue weighted by molar-refractivity contribution is -0.145. The molecule has 1 saturated heterocycles. The van der Waals surface area contributed by atoms with Gasteiger partial charge in [-0.1, -0.05) is 0 Å². The molecule has 14 heavy (non-hydrogen) atoms. The van der Waals surface area contributed by atoms with Gasteiger partial charge in [0.15, 0.2) is 0 Å². The lowest BCUT2D eigenvalue weighted by Gasteiger charge is -2.13. The minimum absolute atomic E-state index is 0.123. The molecule has 1 amide bonds. The van der Waals surface area contributed by atoms with E-state index < -0.39 is 12.0 Å². The van der Waals surface area contributed by atoms with E-state index in [1.165, 1.54) is 7.11 Å². The summed E-state index contributed by atoms with van der Waals surface area (Å²) in [5, 5.41) is 2.58. The van der Waals surface area contributed by atoms with Gasteiger partial charge in [-0.3, -0.25) is 4.79 Å². The summed E-state index contributed by atoms with van der Waals surface area (Å²) in [6.07, 6.45) is 0.722. The smallest absolute Gasteiger partial charge is 0.328 e. The maximum atomic E-state index is 11.5. The van der Waals surface area contributed by atoms with Crippen LogP contribution in [0.1, 0.15) is 13.3 Å². The van der Waals surface area contributed by atoms with Gasteiger partial charge in [-0.25, -0.2) is 4.79 Å². The van der Waals surface area contributed by atoms with Crippen molar-refractivity contribution in [2.75, 3.05) is 20.3 Å². The van der Waals surface area contributed by atoms with Crippen molar-refractivity contribution in [3.8, 4) is 0 Å². The summed E-state index contributed by atoms with van der Waals surface area (Å²) < 4.78 is 9.56. The zero-order chi connectivity index (χ0) is 10.6. The van der Waals surface area contributed by atoms with Crippen LogP contribution in [0.5, 0.6) is 0 Å². The molecule has 0 aromatic heterocycles. The van der Waals surface area contributed by atoms with Crippen LogP contribution >= 0.6 is 0 Å². The predicted molar refractivity (Wildman–Crippen MR) is 48.5 cm³/mol. The number of rotatable bonds is 3. The Labute approximate surface area is 82.8 Å². The molecular formula is C9H15NO4. The van der Waals surface area contributed by atoms with E-state index in [9.17, 15) is 9.59 Å². The zero-order valence-corrected chi connectivity index (χ0v) is 8.41. The number of ether oxygens (including phenoxy) is 2. The summed E-state index contributed by atoms with van der Waals surface area (Å²) in [6, 6.07) is -0.590. The predicted octanol–water partition coefficient (Wildman–Crippen LogP) is -0.299. The van der Waals surface area contributed by atoms with Gasteiger partial charge >= 0.3 is 5.97 Å². The largest absolute Gasteiger partial charge is 0.467 e. The summed E-state index contributed by atoms with van der Waals surface area (Å²) in [6.45, 7) is 2.66. The van der Waals surface area contributed by atoms with Gasteiger partial charge in [-0.2, -0.15) is 0 Å². The Morgan fingerprint density at radius 2 is 2.29 bits per heavy atom. The number of hydrogen-bond acceptors (Lipinski definition) is 4. The third kappa shape index (κ3) is 2.70. The molecule has 1 aliphatic rings. The van der Waals surface area contributed by atoms with Crippen LogP contribution < -0.4 is 5.32 Å². The third-order valence-electron chi connectivity index (χ3n) is 2.21. The van der Waals surface area contributed by atoms with Crippen molar-refractivity contribution in [3.63, 3.8) is 0 Å². The van der Waals surface area contributed by atoms with Crippen LogP contribution in [-0.2, 0) is 19.1 Å². The lowest BCUT2D eigenvalue weighted by atomic mass is 10.1. The Kier molecular flexibility index (Phi) is 3.88. The van der Waals surface area contributed by atoms with Gasteiger partial charge in [-0.15, -0.1) is 0 Å². The number of hydrogen-bond donors (Lipinski definition) is 1. The van der Waals surface area contributed by atoms with Gasteiger partial charge in [0.2, 0.25) is 5.91 Å². The Hall–Kier alpha value is -1.10. The maximum absolute atomic E-state index is 11.5. The van der Waals surface area contributed by atoms with E-state index in [-0.39, 0.29) is 11.8 Å². The standard InChI is InChI=1S/C9H15NO4/c1-6(9(12)13-2)10-8(11)7-3-4-14-5-7/h6-7H,3-5H2,1-2H3,(H,10,11)/t6-,7+/m1/s1. The maximum Gasteiger partial charge on any atom is 0.328 e. The van der Waals surface area contributed by atoms with E-state index in [1.54, 1.807) is 6.92 Å². The van der Waals surface area contributed by atoms with Crippen LogP contribution in [0.2, 0.25) is 0 Å². The molecule has 0 aromatic carbocycles. The van der Waals surface area contributed by atoms with Crippen LogP contribution in [0.4, 0.5) is 0 Å². The van der Waals surface area contributed by atoms with Crippen molar-refractivity contribution in [2.24, 2.45) is 5.92 Å². The molecule has 5 nitrogen and oxygen atoms in total. The van der Waals surface area contributed by atoms with Crippen molar-refractivity contribution < 1.29 is 19.1 Å². The number of amides is 1. The molecule has 1 rings (SSSR count). The average Bonchev–Trinajstić information content (AvgIpc) is 2.69. The third-order valence-corrected chi connectivity index (χ3v) is 2.21. The second-order valence-electron chi connectivity index (χ2n) is 3.31. The molecule has 0 saturated carbocycles. The van der Waals surface area contributed by atoms with E-state index in [4.69, 9.17) is 4.74 Å². The molecule has 1 fully saturated rings. The first kappa shape index (κ1) is 11.0. The molecule has 0 aromatic rings. The highest BCUT2D eigenvalue weighted by Gasteiger charge is 2.26. The van der Waals surface area contributed by atoms with Gasteiger partial charge in [0, 0.05) is 6.61 Å². The number of methoxy groups -OCH3 is 1. The summed E-state index contributed by atoms with van der Waals surface area (Å²) >= 11 is 0. The molecule has 1 heterocycles. The minimum atomic E-state index is -0.590. The second kappa shape index (κ2) is 4.95. The Morgan fingerprint density at radius 3 is 2.79 bits per heavy atom. The van der Waals surface area contributed by atoms with E-state index >= 15 is 0 Å². The second-order valence-corrected chi connectivity index (χ2v) is 3.31. The number of nitrogens with one attached hydrogen (secondary N) is 1. The molecule has 0 bridgehead atoms. The van der Waals surface area contributed by atoms with Crippen molar-refractivity contribution in [1.82, 2.24) is 5.32 Å². The van der Waals surface area contributed by atoms with E-state index in [0.29, 0.717) is 13.2 Å². The molecule has 0 radical (unpaired) electrons. The van der Waals surface area contributed by atoms with Gasteiger partial charge in [0.25, 0.3) is 0 Å². The fourth-order valence-corrected chi connectivity index (χ4v) is 1.31. The molecule has 5 heteroatoms. The highest BCUT2D eigenvalue weighted by Crippen LogP contribution is 2.12. The molecule has 80 valence electrons. The Morgan fingerprint density at radius 1 is 1.57 bits per heavy atom. The quantitative estimate of drug-likeness (QED) is 0.637. The highest BCUT2D eigenvalue weighted by molar-refractivity contribution is 5.85. The highest BCUT2D eigenvalue weighted by atomic mass is 16.5. The van der Waals surface area contributed by atoms with Crippen molar-refractivity contribution >= 4 is 11.9 Å². The molecule has 1 N–H and O–H groups in total. The van der Waals surface area contributed by atoms with E-state index in [0.717, 1.165) is 6.42 Å². The Balaban J connectivity index is 2.35. The van der Waals surface area contributed by atoms with Crippen molar-refractivity contribution in [2.45, 2.75) is 19.4 Å². The van der Waals surface area contributed by atoms with Crippen LogP contribution in [0.15, 0.2) is 0 Å². The first-order valence-electron chi connectivity index (χ1n) is 4.61. The number of carbonyl (C=O) groups is 2. The Bertz CT molecular complexity index is 223. The number of carbonyl (C=O) groups excluding carboxylic acids is 2. The summed E-state index contributed by atoms with van der Waals surface area (Å²) in [5.41, 5.74) is 0. The van der Waals surface area contributed by atoms with Crippen LogP contribution in [0, 0.1) is 5.92 Å². The minimum Gasteiger partial charge on any atom is -0.467 e. The molecule has 0 aliphatic carbocycles. The van der Waals surface area contributed by atoms with E-state index in [2.05, 4.69) is 10.1 Å². The van der Waals surface area contributed by atoms with Crippen LogP contribution in [-0.4, -0.2) is 38.2 Å². The fourth-order valence-electron chi connectivity index (χ4n) is 1.31. The summed E-state index contributed by atoms with van der Waals surface area (Å²) in [4.78, 5) is 22.5. The molecule has 0 unspecified atom stereocenters. The first-order valence-corrected chi connectivity index (χ1v) is 4.61. The topological polar surface area (TPSA) is 64.6 Å².